The van der Waals surface area contributed by atoms with Gasteiger partial charge in [-0.1, -0.05) is 0 Å². The third-order valence-electron chi connectivity index (χ3n) is 4.77. The SMILES string of the molecule is O=C(Nc1ncc(C(F)(F)F)cn1)N1C2CCC1c1ccnc(F)c1C2. The smallest absolute Gasteiger partial charge is 0.314 e. The molecule has 2 bridgehead atoms. The zero-order valence-corrected chi connectivity index (χ0v) is 13.3. The summed E-state index contributed by atoms with van der Waals surface area (Å²) >= 11 is 0. The molecule has 1 fully saturated rings. The lowest BCUT2D eigenvalue weighted by molar-refractivity contribution is -0.138. The molecule has 0 aliphatic carbocycles. The van der Waals surface area contributed by atoms with Crippen molar-refractivity contribution >= 4 is 12.0 Å². The van der Waals surface area contributed by atoms with Crippen LogP contribution < -0.4 is 5.32 Å². The number of halogens is 4. The van der Waals surface area contributed by atoms with E-state index < -0.39 is 23.7 Å². The van der Waals surface area contributed by atoms with Crippen molar-refractivity contribution < 1.29 is 22.4 Å². The second kappa shape index (κ2) is 5.89. The number of fused-ring (bicyclic) bond motifs is 4. The van der Waals surface area contributed by atoms with Crippen molar-refractivity contribution in [2.45, 2.75) is 37.5 Å². The van der Waals surface area contributed by atoms with Crippen LogP contribution in [-0.4, -0.2) is 31.9 Å². The molecule has 1 saturated heterocycles. The number of anilines is 1. The van der Waals surface area contributed by atoms with Gasteiger partial charge in [-0.3, -0.25) is 5.32 Å². The highest BCUT2D eigenvalue weighted by Gasteiger charge is 2.44. The topological polar surface area (TPSA) is 71.0 Å². The first-order valence-corrected chi connectivity index (χ1v) is 7.96. The summed E-state index contributed by atoms with van der Waals surface area (Å²) in [7, 11) is 0. The number of aromatic nitrogens is 3. The molecule has 10 heteroatoms. The molecule has 2 aliphatic heterocycles. The Bertz CT molecular complexity index is 855. The number of carbonyl (C=O) groups excluding carboxylic acids is 1. The average molecular weight is 367 g/mol. The molecule has 2 unspecified atom stereocenters. The molecule has 1 N–H and O–H groups in total. The number of amides is 2. The van der Waals surface area contributed by atoms with Gasteiger partial charge in [-0.25, -0.2) is 19.7 Å². The monoisotopic (exact) mass is 367 g/mol. The molecule has 26 heavy (non-hydrogen) atoms. The van der Waals surface area contributed by atoms with E-state index in [1.165, 1.54) is 6.20 Å². The summed E-state index contributed by atoms with van der Waals surface area (Å²) in [5.41, 5.74) is 0.245. The number of hydrogen-bond donors (Lipinski definition) is 1. The van der Waals surface area contributed by atoms with Crippen LogP contribution in [0.5, 0.6) is 0 Å². The van der Waals surface area contributed by atoms with Crippen molar-refractivity contribution in [3.05, 3.63) is 47.3 Å². The lowest BCUT2D eigenvalue weighted by Gasteiger charge is -2.35. The summed E-state index contributed by atoms with van der Waals surface area (Å²) in [6.45, 7) is 0. The molecule has 2 aliphatic rings. The minimum atomic E-state index is -4.55. The van der Waals surface area contributed by atoms with E-state index >= 15 is 0 Å². The normalized spacial score (nSPS) is 21.5. The molecule has 2 aromatic heterocycles. The van der Waals surface area contributed by atoms with Crippen LogP contribution >= 0.6 is 0 Å². The minimum Gasteiger partial charge on any atom is -0.314 e. The van der Waals surface area contributed by atoms with Gasteiger partial charge in [0.1, 0.15) is 0 Å². The predicted molar refractivity (Wildman–Crippen MR) is 81.6 cm³/mol. The van der Waals surface area contributed by atoms with Crippen LogP contribution in [0.25, 0.3) is 0 Å². The molecule has 2 amide bonds. The summed E-state index contributed by atoms with van der Waals surface area (Å²) < 4.78 is 51.6. The molecule has 2 aromatic rings. The molecule has 6 nitrogen and oxygen atoms in total. The van der Waals surface area contributed by atoms with E-state index in [0.29, 0.717) is 37.2 Å². The van der Waals surface area contributed by atoms with Gasteiger partial charge < -0.3 is 4.90 Å². The Hall–Kier alpha value is -2.78. The standard InChI is InChI=1S/C16H13F4N5O/c17-13-11-5-9-1-2-12(10(11)3-4-21-13)25(9)15(26)24-14-22-6-8(7-23-14)16(18,19)20/h3-4,6-7,9,12H,1-2,5H2,(H,22,23,24,26). The van der Waals surface area contributed by atoms with E-state index in [0.717, 1.165) is 5.56 Å². The second-order valence-electron chi connectivity index (χ2n) is 6.25. The van der Waals surface area contributed by atoms with Crippen LogP contribution in [0.4, 0.5) is 28.3 Å². The van der Waals surface area contributed by atoms with Crippen molar-refractivity contribution in [1.82, 2.24) is 19.9 Å². The lowest BCUT2D eigenvalue weighted by atomic mass is 9.95. The zero-order valence-electron chi connectivity index (χ0n) is 13.3. The molecule has 2 atom stereocenters. The van der Waals surface area contributed by atoms with E-state index in [2.05, 4.69) is 20.3 Å². The Morgan fingerprint density at radius 2 is 1.92 bits per heavy atom. The van der Waals surface area contributed by atoms with Crippen molar-refractivity contribution in [3.8, 4) is 0 Å². The average Bonchev–Trinajstić information content (AvgIpc) is 2.91. The maximum absolute atomic E-state index is 13.9. The van der Waals surface area contributed by atoms with Crippen molar-refractivity contribution in [3.63, 3.8) is 0 Å². The highest BCUT2D eigenvalue weighted by atomic mass is 19.4. The van der Waals surface area contributed by atoms with Crippen molar-refractivity contribution in [2.24, 2.45) is 0 Å². The molecule has 0 radical (unpaired) electrons. The zero-order chi connectivity index (χ0) is 18.5. The Balaban J connectivity index is 1.54. The highest BCUT2D eigenvalue weighted by Crippen LogP contribution is 2.44. The fourth-order valence-corrected chi connectivity index (χ4v) is 3.63. The van der Waals surface area contributed by atoms with E-state index in [1.54, 1.807) is 11.0 Å². The van der Waals surface area contributed by atoms with Crippen LogP contribution in [0.3, 0.4) is 0 Å². The van der Waals surface area contributed by atoms with E-state index in [1.807, 2.05) is 0 Å². The number of carbonyl (C=O) groups is 1. The van der Waals surface area contributed by atoms with Gasteiger partial charge in [0.15, 0.2) is 0 Å². The summed E-state index contributed by atoms with van der Waals surface area (Å²) in [5, 5.41) is 2.42. The summed E-state index contributed by atoms with van der Waals surface area (Å²) in [5.74, 6) is -0.736. The summed E-state index contributed by atoms with van der Waals surface area (Å²) in [6.07, 6.45) is -0.207. The van der Waals surface area contributed by atoms with Gasteiger partial charge in [-0.2, -0.15) is 17.6 Å². The summed E-state index contributed by atoms with van der Waals surface area (Å²) in [4.78, 5) is 24.9. The van der Waals surface area contributed by atoms with Crippen LogP contribution in [0.2, 0.25) is 0 Å². The molecular weight excluding hydrogens is 354 g/mol. The lowest BCUT2D eigenvalue weighted by Crippen LogP contribution is -2.44. The first-order valence-electron chi connectivity index (χ1n) is 7.96. The summed E-state index contributed by atoms with van der Waals surface area (Å²) in [6, 6.07) is 0.691. The van der Waals surface area contributed by atoms with Gasteiger partial charge in [0.05, 0.1) is 11.6 Å². The van der Waals surface area contributed by atoms with E-state index in [9.17, 15) is 22.4 Å². The molecule has 136 valence electrons. The van der Waals surface area contributed by atoms with E-state index in [4.69, 9.17) is 0 Å². The number of nitrogens with one attached hydrogen (secondary N) is 1. The third kappa shape index (κ3) is 2.74. The quantitative estimate of drug-likeness (QED) is 0.620. The van der Waals surface area contributed by atoms with Crippen molar-refractivity contribution in [2.75, 3.05) is 5.32 Å². The molecule has 4 rings (SSSR count). The van der Waals surface area contributed by atoms with Gasteiger partial charge in [-0.05, 0) is 30.9 Å². The first kappa shape index (κ1) is 16.7. The van der Waals surface area contributed by atoms with Crippen LogP contribution in [0.1, 0.15) is 35.6 Å². The van der Waals surface area contributed by atoms with Gasteiger partial charge in [0, 0.05) is 30.2 Å². The largest absolute Gasteiger partial charge is 0.419 e. The number of urea groups is 1. The van der Waals surface area contributed by atoms with Gasteiger partial charge >= 0.3 is 12.2 Å². The second-order valence-corrected chi connectivity index (χ2v) is 6.25. The van der Waals surface area contributed by atoms with Gasteiger partial charge in [0.25, 0.3) is 0 Å². The first-order chi connectivity index (χ1) is 12.3. The minimum absolute atomic E-state index is 0.194. The van der Waals surface area contributed by atoms with Crippen LogP contribution in [0.15, 0.2) is 24.7 Å². The Labute approximate surface area is 145 Å². The van der Waals surface area contributed by atoms with Crippen LogP contribution in [-0.2, 0) is 12.6 Å². The van der Waals surface area contributed by atoms with Gasteiger partial charge in [-0.15, -0.1) is 0 Å². The van der Waals surface area contributed by atoms with E-state index in [-0.39, 0.29) is 18.0 Å². The molecule has 4 heterocycles. The molecule has 0 aromatic carbocycles. The fourth-order valence-electron chi connectivity index (χ4n) is 3.63. The highest BCUT2D eigenvalue weighted by molar-refractivity contribution is 5.88. The number of alkyl halides is 3. The van der Waals surface area contributed by atoms with Crippen molar-refractivity contribution in [1.29, 1.82) is 0 Å². The van der Waals surface area contributed by atoms with Crippen LogP contribution in [0, 0.1) is 5.95 Å². The predicted octanol–water partition coefficient (Wildman–Crippen LogP) is 3.32. The maximum Gasteiger partial charge on any atom is 0.419 e. The van der Waals surface area contributed by atoms with Gasteiger partial charge in [0.2, 0.25) is 11.9 Å². The third-order valence-corrected chi connectivity index (χ3v) is 4.77. The molecular formula is C16H13F4N5O. The number of rotatable bonds is 1. The Kier molecular flexibility index (Phi) is 3.78. The number of nitrogens with zero attached hydrogens (tertiary/aromatic N) is 4. The molecule has 0 saturated carbocycles. The number of pyridine rings is 1. The Morgan fingerprint density at radius 3 is 2.62 bits per heavy atom. The Morgan fingerprint density at radius 1 is 1.19 bits per heavy atom. The maximum atomic E-state index is 13.9. The fraction of sp³-hybridized carbons (Fsp3) is 0.375. The molecule has 0 spiro atoms. The number of hydrogen-bond acceptors (Lipinski definition) is 4.